The first kappa shape index (κ1) is 9.50. The van der Waals surface area contributed by atoms with Gasteiger partial charge in [-0.05, 0) is 26.4 Å². The van der Waals surface area contributed by atoms with Crippen LogP contribution >= 0.6 is 0 Å². The Hall–Kier alpha value is -0.590. The number of likely N-dealkylation sites (N-methyl/N-ethyl adjacent to an activating group) is 1. The van der Waals surface area contributed by atoms with Gasteiger partial charge < -0.3 is 10.2 Å². The van der Waals surface area contributed by atoms with Crippen LogP contribution in [-0.2, 0) is 0 Å². The number of piperidine rings is 1. The molecule has 1 heterocycles. The number of nitrogens with zero attached hydrogens (tertiary/aromatic N) is 2. The summed E-state index contributed by atoms with van der Waals surface area (Å²) in [5.74, 6) is 0. The molecule has 1 aliphatic rings. The first-order valence-corrected chi connectivity index (χ1v) is 4.62. The van der Waals surface area contributed by atoms with E-state index in [0.717, 1.165) is 19.6 Å². The lowest BCUT2D eigenvalue weighted by Crippen LogP contribution is -2.44. The summed E-state index contributed by atoms with van der Waals surface area (Å²) in [5.41, 5.74) is 0. The molecule has 12 heavy (non-hydrogen) atoms. The van der Waals surface area contributed by atoms with Gasteiger partial charge in [-0.2, -0.15) is 5.26 Å². The summed E-state index contributed by atoms with van der Waals surface area (Å²) in [6, 6.07) is 2.82. The normalized spacial score (nSPS) is 23.9. The SMILES string of the molecule is CN(CCC#N)C1CCCNC1. The van der Waals surface area contributed by atoms with E-state index in [9.17, 15) is 0 Å². The highest BCUT2D eigenvalue weighted by Gasteiger charge is 2.16. The molecule has 3 heteroatoms. The maximum absolute atomic E-state index is 8.42. The number of nitriles is 1. The third-order valence-electron chi connectivity index (χ3n) is 2.47. The average Bonchev–Trinajstić information content (AvgIpc) is 2.15. The lowest BCUT2D eigenvalue weighted by molar-refractivity contribution is 0.207. The number of hydrogen-bond donors (Lipinski definition) is 1. The highest BCUT2D eigenvalue weighted by molar-refractivity contribution is 4.79. The standard InChI is InChI=1S/C9H17N3/c1-12(7-3-5-10)9-4-2-6-11-8-9/h9,11H,2-4,6-8H2,1H3. The first-order chi connectivity index (χ1) is 5.84. The van der Waals surface area contributed by atoms with Gasteiger partial charge in [0, 0.05) is 25.6 Å². The van der Waals surface area contributed by atoms with Crippen LogP contribution in [0.2, 0.25) is 0 Å². The van der Waals surface area contributed by atoms with E-state index in [1.807, 2.05) is 0 Å². The van der Waals surface area contributed by atoms with Crippen molar-refractivity contribution in [1.29, 1.82) is 5.26 Å². The van der Waals surface area contributed by atoms with Crippen LogP contribution in [0.15, 0.2) is 0 Å². The fraction of sp³-hybridized carbons (Fsp3) is 0.889. The Labute approximate surface area is 74.4 Å². The van der Waals surface area contributed by atoms with Crippen molar-refractivity contribution in [2.75, 3.05) is 26.7 Å². The van der Waals surface area contributed by atoms with E-state index in [2.05, 4.69) is 23.3 Å². The van der Waals surface area contributed by atoms with E-state index in [0.29, 0.717) is 12.5 Å². The van der Waals surface area contributed by atoms with E-state index in [4.69, 9.17) is 5.26 Å². The number of rotatable bonds is 3. The topological polar surface area (TPSA) is 39.1 Å². The van der Waals surface area contributed by atoms with Gasteiger partial charge in [0.25, 0.3) is 0 Å². The first-order valence-electron chi connectivity index (χ1n) is 4.62. The maximum atomic E-state index is 8.42. The minimum Gasteiger partial charge on any atom is -0.315 e. The lowest BCUT2D eigenvalue weighted by Gasteiger charge is -2.30. The van der Waals surface area contributed by atoms with E-state index in [-0.39, 0.29) is 0 Å². The Kier molecular flexibility index (Phi) is 4.06. The Morgan fingerprint density at radius 1 is 1.67 bits per heavy atom. The Balaban J connectivity index is 2.21. The molecule has 1 fully saturated rings. The van der Waals surface area contributed by atoms with Crippen molar-refractivity contribution in [2.45, 2.75) is 25.3 Å². The molecule has 0 bridgehead atoms. The molecule has 0 aromatic rings. The number of hydrogen-bond acceptors (Lipinski definition) is 3. The van der Waals surface area contributed by atoms with Gasteiger partial charge in [0.2, 0.25) is 0 Å². The van der Waals surface area contributed by atoms with Gasteiger partial charge in [-0.25, -0.2) is 0 Å². The Bertz CT molecular complexity index is 156. The predicted molar refractivity (Wildman–Crippen MR) is 48.8 cm³/mol. The zero-order valence-electron chi connectivity index (χ0n) is 7.71. The second kappa shape index (κ2) is 5.13. The van der Waals surface area contributed by atoms with Crippen molar-refractivity contribution < 1.29 is 0 Å². The van der Waals surface area contributed by atoms with Crippen LogP contribution in [0.5, 0.6) is 0 Å². The summed E-state index contributed by atoms with van der Waals surface area (Å²) in [6.07, 6.45) is 3.18. The highest BCUT2D eigenvalue weighted by atomic mass is 15.1. The molecule has 0 saturated carbocycles. The van der Waals surface area contributed by atoms with Crippen molar-refractivity contribution in [3.8, 4) is 6.07 Å². The van der Waals surface area contributed by atoms with Crippen molar-refractivity contribution in [3.05, 3.63) is 0 Å². The molecule has 1 rings (SSSR count). The fourth-order valence-corrected chi connectivity index (χ4v) is 1.62. The van der Waals surface area contributed by atoms with Crippen LogP contribution in [-0.4, -0.2) is 37.6 Å². The van der Waals surface area contributed by atoms with Crippen LogP contribution in [0.3, 0.4) is 0 Å². The largest absolute Gasteiger partial charge is 0.315 e. The van der Waals surface area contributed by atoms with Gasteiger partial charge in [-0.15, -0.1) is 0 Å². The summed E-state index contributed by atoms with van der Waals surface area (Å²) >= 11 is 0. The van der Waals surface area contributed by atoms with Crippen LogP contribution < -0.4 is 5.32 Å². The smallest absolute Gasteiger partial charge is 0.0635 e. The quantitative estimate of drug-likeness (QED) is 0.668. The van der Waals surface area contributed by atoms with Crippen LogP contribution in [0, 0.1) is 11.3 Å². The van der Waals surface area contributed by atoms with Gasteiger partial charge in [0.15, 0.2) is 0 Å². The molecule has 3 nitrogen and oxygen atoms in total. The molecule has 0 spiro atoms. The molecule has 68 valence electrons. The molecule has 1 aliphatic heterocycles. The molecule has 0 aromatic heterocycles. The van der Waals surface area contributed by atoms with E-state index in [1.165, 1.54) is 12.8 Å². The molecule has 1 atom stereocenters. The molecule has 1 saturated heterocycles. The van der Waals surface area contributed by atoms with E-state index >= 15 is 0 Å². The van der Waals surface area contributed by atoms with E-state index < -0.39 is 0 Å². The number of nitrogens with one attached hydrogen (secondary N) is 1. The molecular formula is C9H17N3. The third kappa shape index (κ3) is 2.80. The zero-order chi connectivity index (χ0) is 8.81. The minimum absolute atomic E-state index is 0.645. The average molecular weight is 167 g/mol. The molecular weight excluding hydrogens is 150 g/mol. The fourth-order valence-electron chi connectivity index (χ4n) is 1.62. The van der Waals surface area contributed by atoms with Crippen LogP contribution in [0.4, 0.5) is 0 Å². The molecule has 0 radical (unpaired) electrons. The van der Waals surface area contributed by atoms with Crippen LogP contribution in [0.1, 0.15) is 19.3 Å². The third-order valence-corrected chi connectivity index (χ3v) is 2.47. The minimum atomic E-state index is 0.645. The maximum Gasteiger partial charge on any atom is 0.0635 e. The van der Waals surface area contributed by atoms with Crippen molar-refractivity contribution >= 4 is 0 Å². The zero-order valence-corrected chi connectivity index (χ0v) is 7.71. The molecule has 0 aromatic carbocycles. The van der Waals surface area contributed by atoms with Gasteiger partial charge in [-0.1, -0.05) is 0 Å². The summed E-state index contributed by atoms with van der Waals surface area (Å²) < 4.78 is 0. The predicted octanol–water partition coefficient (Wildman–Crippen LogP) is 0.584. The summed E-state index contributed by atoms with van der Waals surface area (Å²) in [5, 5.41) is 11.8. The van der Waals surface area contributed by atoms with Gasteiger partial charge in [0.1, 0.15) is 0 Å². The Morgan fingerprint density at radius 2 is 2.50 bits per heavy atom. The molecule has 1 N–H and O–H groups in total. The molecule has 1 unspecified atom stereocenters. The van der Waals surface area contributed by atoms with Crippen molar-refractivity contribution in [2.24, 2.45) is 0 Å². The van der Waals surface area contributed by atoms with Crippen LogP contribution in [0.25, 0.3) is 0 Å². The summed E-state index contributed by atoms with van der Waals surface area (Å²) in [7, 11) is 2.11. The monoisotopic (exact) mass is 167 g/mol. The summed E-state index contributed by atoms with van der Waals surface area (Å²) in [6.45, 7) is 3.15. The second-order valence-corrected chi connectivity index (χ2v) is 3.39. The van der Waals surface area contributed by atoms with Crippen molar-refractivity contribution in [1.82, 2.24) is 10.2 Å². The van der Waals surface area contributed by atoms with Gasteiger partial charge in [0.05, 0.1) is 6.07 Å². The second-order valence-electron chi connectivity index (χ2n) is 3.39. The van der Waals surface area contributed by atoms with Gasteiger partial charge >= 0.3 is 0 Å². The molecule has 0 aliphatic carbocycles. The van der Waals surface area contributed by atoms with Crippen molar-refractivity contribution in [3.63, 3.8) is 0 Å². The molecule has 0 amide bonds. The lowest BCUT2D eigenvalue weighted by atomic mass is 10.1. The summed E-state index contributed by atoms with van der Waals surface area (Å²) in [4.78, 5) is 2.29. The Morgan fingerprint density at radius 3 is 3.08 bits per heavy atom. The van der Waals surface area contributed by atoms with Gasteiger partial charge in [-0.3, -0.25) is 0 Å². The van der Waals surface area contributed by atoms with E-state index in [1.54, 1.807) is 0 Å². The highest BCUT2D eigenvalue weighted by Crippen LogP contribution is 2.08.